The van der Waals surface area contributed by atoms with Gasteiger partial charge in [-0.15, -0.1) is 0 Å². The zero-order chi connectivity index (χ0) is 14.7. The molecule has 7 nitrogen and oxygen atoms in total. The smallest absolute Gasteiger partial charge is 0.267 e. The number of nitrogens with zero attached hydrogens (tertiary/aromatic N) is 3. The van der Waals surface area contributed by atoms with Crippen molar-refractivity contribution in [2.75, 3.05) is 50.4 Å². The molecule has 1 aliphatic heterocycles. The fourth-order valence-corrected chi connectivity index (χ4v) is 3.15. The van der Waals surface area contributed by atoms with Crippen LogP contribution in [0.4, 0.5) is 10.9 Å². The molecule has 8 heteroatoms. The number of nitrogens with one attached hydrogen (secondary N) is 1. The molecule has 1 aliphatic rings. The van der Waals surface area contributed by atoms with Crippen molar-refractivity contribution in [2.24, 2.45) is 0 Å². The lowest BCUT2D eigenvalue weighted by Gasteiger charge is -2.26. The molecule has 20 heavy (non-hydrogen) atoms. The standard InChI is InChI=1S/C12H21N5O2S/c1-8(18)7-16(2)11(19)9-10(13)15-12(20-9)17-5-3-14-4-6-17/h8,14,18H,3-7,13H2,1-2H3. The van der Waals surface area contributed by atoms with Gasteiger partial charge in [0.15, 0.2) is 5.13 Å². The summed E-state index contributed by atoms with van der Waals surface area (Å²) in [4.78, 5) is 20.6. The average molecular weight is 299 g/mol. The molecule has 1 aromatic rings. The molecule has 0 bridgehead atoms. The van der Waals surface area contributed by atoms with E-state index in [-0.39, 0.29) is 18.3 Å². The maximum absolute atomic E-state index is 12.3. The third-order valence-electron chi connectivity index (χ3n) is 3.11. The molecule has 1 unspecified atom stereocenters. The van der Waals surface area contributed by atoms with Crippen LogP contribution in [0, 0.1) is 0 Å². The Morgan fingerprint density at radius 2 is 2.25 bits per heavy atom. The molecule has 1 amide bonds. The van der Waals surface area contributed by atoms with Crippen molar-refractivity contribution >= 4 is 28.2 Å². The summed E-state index contributed by atoms with van der Waals surface area (Å²) in [5, 5.41) is 13.4. The molecule has 0 aliphatic carbocycles. The Balaban J connectivity index is 2.12. The van der Waals surface area contributed by atoms with Crippen LogP contribution in [-0.4, -0.2) is 66.8 Å². The molecule has 0 saturated carbocycles. The predicted molar refractivity (Wildman–Crippen MR) is 80.3 cm³/mol. The molecular weight excluding hydrogens is 278 g/mol. The summed E-state index contributed by atoms with van der Waals surface area (Å²) in [6, 6.07) is 0. The van der Waals surface area contributed by atoms with Crippen LogP contribution in [0.15, 0.2) is 0 Å². The zero-order valence-corrected chi connectivity index (χ0v) is 12.6. The van der Waals surface area contributed by atoms with Crippen molar-refractivity contribution in [1.29, 1.82) is 0 Å². The van der Waals surface area contributed by atoms with Crippen LogP contribution < -0.4 is 16.0 Å². The van der Waals surface area contributed by atoms with E-state index in [1.807, 2.05) is 0 Å². The van der Waals surface area contributed by atoms with Crippen LogP contribution in [0.5, 0.6) is 0 Å². The lowest BCUT2D eigenvalue weighted by molar-refractivity contribution is 0.0709. The van der Waals surface area contributed by atoms with E-state index in [9.17, 15) is 9.90 Å². The number of nitrogens with two attached hydrogens (primary N) is 1. The number of anilines is 2. The minimum absolute atomic E-state index is 0.192. The molecule has 1 saturated heterocycles. The van der Waals surface area contributed by atoms with Gasteiger partial charge in [-0.05, 0) is 6.92 Å². The van der Waals surface area contributed by atoms with Crippen molar-refractivity contribution < 1.29 is 9.90 Å². The Hall–Kier alpha value is -1.38. The van der Waals surface area contributed by atoms with Crippen LogP contribution in [0.2, 0.25) is 0 Å². The maximum atomic E-state index is 12.3. The lowest BCUT2D eigenvalue weighted by atomic mass is 10.3. The van der Waals surface area contributed by atoms with Gasteiger partial charge in [-0.2, -0.15) is 0 Å². The molecular formula is C12H21N5O2S. The van der Waals surface area contributed by atoms with Crippen LogP contribution >= 0.6 is 11.3 Å². The van der Waals surface area contributed by atoms with E-state index in [2.05, 4.69) is 15.2 Å². The number of piperazine rings is 1. The Morgan fingerprint density at radius 3 is 2.85 bits per heavy atom. The summed E-state index contributed by atoms with van der Waals surface area (Å²) in [5.74, 6) is 0.0771. The second kappa shape index (κ2) is 6.38. The highest BCUT2D eigenvalue weighted by Crippen LogP contribution is 2.29. The van der Waals surface area contributed by atoms with Crippen LogP contribution in [-0.2, 0) is 0 Å². The van der Waals surface area contributed by atoms with E-state index in [0.717, 1.165) is 31.3 Å². The molecule has 2 heterocycles. The number of hydrogen-bond donors (Lipinski definition) is 3. The fourth-order valence-electron chi connectivity index (χ4n) is 2.12. The minimum Gasteiger partial charge on any atom is -0.392 e. The highest BCUT2D eigenvalue weighted by Gasteiger charge is 2.23. The lowest BCUT2D eigenvalue weighted by Crippen LogP contribution is -2.43. The van der Waals surface area contributed by atoms with Crippen molar-refractivity contribution in [3.8, 4) is 0 Å². The molecule has 1 aromatic heterocycles. The third-order valence-corrected chi connectivity index (χ3v) is 4.23. The molecule has 1 fully saturated rings. The van der Waals surface area contributed by atoms with Crippen molar-refractivity contribution in [2.45, 2.75) is 13.0 Å². The first-order valence-electron chi connectivity index (χ1n) is 6.64. The number of likely N-dealkylation sites (N-methyl/N-ethyl adjacent to an activating group) is 1. The van der Waals surface area contributed by atoms with E-state index in [0.29, 0.717) is 4.88 Å². The Bertz CT molecular complexity index is 470. The van der Waals surface area contributed by atoms with E-state index in [4.69, 9.17) is 5.73 Å². The first-order chi connectivity index (χ1) is 9.49. The molecule has 0 aromatic carbocycles. The van der Waals surface area contributed by atoms with Gasteiger partial charge in [-0.1, -0.05) is 11.3 Å². The fraction of sp³-hybridized carbons (Fsp3) is 0.667. The van der Waals surface area contributed by atoms with Gasteiger partial charge < -0.3 is 26.0 Å². The number of nitrogen functional groups attached to an aromatic ring is 1. The topological polar surface area (TPSA) is 94.7 Å². The number of rotatable bonds is 4. The van der Waals surface area contributed by atoms with Gasteiger partial charge in [-0.25, -0.2) is 4.98 Å². The van der Waals surface area contributed by atoms with Gasteiger partial charge >= 0.3 is 0 Å². The first-order valence-corrected chi connectivity index (χ1v) is 7.46. The first kappa shape index (κ1) is 15.0. The van der Waals surface area contributed by atoms with Gasteiger partial charge in [0.1, 0.15) is 10.7 Å². The summed E-state index contributed by atoms with van der Waals surface area (Å²) < 4.78 is 0. The molecule has 0 spiro atoms. The summed E-state index contributed by atoms with van der Waals surface area (Å²) in [6.07, 6.45) is -0.564. The van der Waals surface area contributed by atoms with Gasteiger partial charge in [0.2, 0.25) is 0 Å². The van der Waals surface area contributed by atoms with Crippen LogP contribution in [0.1, 0.15) is 16.6 Å². The Kier molecular flexibility index (Phi) is 4.79. The van der Waals surface area contributed by atoms with E-state index < -0.39 is 6.10 Å². The summed E-state index contributed by atoms with van der Waals surface area (Å²) in [7, 11) is 1.65. The summed E-state index contributed by atoms with van der Waals surface area (Å²) >= 11 is 1.32. The minimum atomic E-state index is -0.564. The summed E-state index contributed by atoms with van der Waals surface area (Å²) in [5.41, 5.74) is 5.86. The number of aromatic nitrogens is 1. The molecule has 0 radical (unpaired) electrons. The third kappa shape index (κ3) is 3.38. The van der Waals surface area contributed by atoms with E-state index >= 15 is 0 Å². The summed E-state index contributed by atoms with van der Waals surface area (Å²) in [6.45, 7) is 5.47. The Labute approximate surface area is 122 Å². The SMILES string of the molecule is CC(O)CN(C)C(=O)c1sc(N2CCNCC2)nc1N. The normalized spacial score (nSPS) is 17.1. The number of carbonyl (C=O) groups excluding carboxylic acids is 1. The monoisotopic (exact) mass is 299 g/mol. The maximum Gasteiger partial charge on any atom is 0.267 e. The van der Waals surface area contributed by atoms with Crippen molar-refractivity contribution in [3.05, 3.63) is 4.88 Å². The highest BCUT2D eigenvalue weighted by molar-refractivity contribution is 7.18. The molecule has 4 N–H and O–H groups in total. The van der Waals surface area contributed by atoms with Crippen LogP contribution in [0.25, 0.3) is 0 Å². The number of carbonyl (C=O) groups is 1. The Morgan fingerprint density at radius 1 is 1.60 bits per heavy atom. The van der Waals surface area contributed by atoms with Gasteiger partial charge in [0.05, 0.1) is 6.10 Å². The number of aliphatic hydroxyl groups is 1. The quantitative estimate of drug-likeness (QED) is 0.699. The van der Waals surface area contributed by atoms with Gasteiger partial charge in [0.25, 0.3) is 5.91 Å². The zero-order valence-electron chi connectivity index (χ0n) is 11.8. The second-order valence-electron chi connectivity index (χ2n) is 4.98. The van der Waals surface area contributed by atoms with Crippen molar-refractivity contribution in [1.82, 2.24) is 15.2 Å². The highest BCUT2D eigenvalue weighted by atomic mass is 32.1. The molecule has 112 valence electrons. The van der Waals surface area contributed by atoms with E-state index in [1.54, 1.807) is 14.0 Å². The second-order valence-corrected chi connectivity index (χ2v) is 5.96. The average Bonchev–Trinajstić information content (AvgIpc) is 2.80. The largest absolute Gasteiger partial charge is 0.392 e. The predicted octanol–water partition coefficient (Wildman–Crippen LogP) is -0.412. The molecule has 1 atom stereocenters. The number of hydrogen-bond acceptors (Lipinski definition) is 7. The van der Waals surface area contributed by atoms with E-state index in [1.165, 1.54) is 16.2 Å². The molecule has 2 rings (SSSR count). The number of aliphatic hydroxyl groups excluding tert-OH is 1. The number of amides is 1. The van der Waals surface area contributed by atoms with Gasteiger partial charge in [-0.3, -0.25) is 4.79 Å². The van der Waals surface area contributed by atoms with Crippen molar-refractivity contribution in [3.63, 3.8) is 0 Å². The van der Waals surface area contributed by atoms with Crippen LogP contribution in [0.3, 0.4) is 0 Å². The van der Waals surface area contributed by atoms with Gasteiger partial charge in [0, 0.05) is 39.8 Å². The number of thiazole rings is 1.